The summed E-state index contributed by atoms with van der Waals surface area (Å²) in [5.41, 5.74) is 1.89. The zero-order chi connectivity index (χ0) is 8.10. The van der Waals surface area contributed by atoms with E-state index < -0.39 is 0 Å². The van der Waals surface area contributed by atoms with Crippen molar-refractivity contribution in [2.24, 2.45) is 9.98 Å². The summed E-state index contributed by atoms with van der Waals surface area (Å²) < 4.78 is 0. The summed E-state index contributed by atoms with van der Waals surface area (Å²) in [5, 5.41) is 3.04. The molecule has 1 heterocycles. The molecule has 0 fully saturated rings. The molecule has 3 nitrogen and oxygen atoms in total. The Bertz CT molecular complexity index is 246. The number of hydrogen-bond donors (Lipinski definition) is 1. The summed E-state index contributed by atoms with van der Waals surface area (Å²) in [4.78, 5) is 8.05. The molecule has 1 rings (SSSR count). The molecule has 0 aromatic heterocycles. The van der Waals surface area contributed by atoms with Crippen molar-refractivity contribution >= 4 is 12.4 Å². The van der Waals surface area contributed by atoms with Crippen LogP contribution in [0.25, 0.3) is 0 Å². The van der Waals surface area contributed by atoms with E-state index in [9.17, 15) is 0 Å². The van der Waals surface area contributed by atoms with Gasteiger partial charge in [-0.05, 0) is 13.8 Å². The second kappa shape index (κ2) is 3.71. The molecule has 0 amide bonds. The highest BCUT2D eigenvalue weighted by atomic mass is 14.9. The lowest BCUT2D eigenvalue weighted by Crippen LogP contribution is -2.10. The fraction of sp³-hybridized carbons (Fsp3) is 0.250. The van der Waals surface area contributed by atoms with Crippen LogP contribution in [0.1, 0.15) is 13.8 Å². The second-order valence-corrected chi connectivity index (χ2v) is 2.18. The first-order valence-electron chi connectivity index (χ1n) is 3.48. The van der Waals surface area contributed by atoms with E-state index in [0.29, 0.717) is 0 Å². The van der Waals surface area contributed by atoms with Crippen molar-refractivity contribution in [1.82, 2.24) is 5.32 Å². The van der Waals surface area contributed by atoms with Gasteiger partial charge in [0.1, 0.15) is 0 Å². The molecule has 0 aliphatic carbocycles. The molecular formula is C8H11N3. The Morgan fingerprint density at radius 2 is 2.45 bits per heavy atom. The molecule has 3 heteroatoms. The first-order valence-corrected chi connectivity index (χ1v) is 3.48. The number of aliphatic imine (C=N–C) groups is 2. The zero-order valence-corrected chi connectivity index (χ0v) is 6.70. The second-order valence-electron chi connectivity index (χ2n) is 2.18. The molecule has 0 radical (unpaired) electrons. The third-order valence-corrected chi connectivity index (χ3v) is 1.22. The van der Waals surface area contributed by atoms with Gasteiger partial charge in [-0.15, -0.1) is 0 Å². The van der Waals surface area contributed by atoms with Crippen LogP contribution in [-0.4, -0.2) is 12.4 Å². The largest absolute Gasteiger partial charge is 0.358 e. The summed E-state index contributed by atoms with van der Waals surface area (Å²) in [5.74, 6) is 0. The number of nitrogens with zero attached hydrogens (tertiary/aromatic N) is 2. The minimum Gasteiger partial charge on any atom is -0.358 e. The molecule has 0 atom stereocenters. The van der Waals surface area contributed by atoms with Crippen LogP contribution in [0.4, 0.5) is 0 Å². The van der Waals surface area contributed by atoms with E-state index in [2.05, 4.69) is 15.3 Å². The summed E-state index contributed by atoms with van der Waals surface area (Å²) in [6.07, 6.45) is 7.06. The molecule has 0 bridgehead atoms. The van der Waals surface area contributed by atoms with Crippen LogP contribution in [0.3, 0.4) is 0 Å². The van der Waals surface area contributed by atoms with E-state index in [1.54, 1.807) is 18.6 Å². The van der Waals surface area contributed by atoms with Crippen molar-refractivity contribution in [2.75, 3.05) is 0 Å². The normalized spacial score (nSPS) is 20.5. The van der Waals surface area contributed by atoms with Gasteiger partial charge in [0.05, 0.1) is 23.8 Å². The summed E-state index contributed by atoms with van der Waals surface area (Å²) in [7, 11) is 0. The Hall–Kier alpha value is -1.38. The van der Waals surface area contributed by atoms with Crippen molar-refractivity contribution < 1.29 is 0 Å². The average Bonchev–Trinajstić information content (AvgIpc) is 2.04. The molecule has 0 saturated carbocycles. The Labute approximate surface area is 66.2 Å². The standard InChI is InChI=1S/C8H11N3/c1-3-9-5-8-6-10-7(2)4-11-8/h3-6,11H,1-2H3/b8-5-,9-3-. The van der Waals surface area contributed by atoms with Crippen molar-refractivity contribution in [1.29, 1.82) is 0 Å². The van der Waals surface area contributed by atoms with E-state index in [0.717, 1.165) is 11.4 Å². The maximum absolute atomic E-state index is 4.10. The van der Waals surface area contributed by atoms with Crippen molar-refractivity contribution in [3.8, 4) is 0 Å². The fourth-order valence-corrected chi connectivity index (χ4v) is 0.659. The van der Waals surface area contributed by atoms with E-state index >= 15 is 0 Å². The van der Waals surface area contributed by atoms with Crippen molar-refractivity contribution in [2.45, 2.75) is 13.8 Å². The molecular weight excluding hydrogens is 138 g/mol. The predicted octanol–water partition coefficient (Wildman–Crippen LogP) is 1.45. The monoisotopic (exact) mass is 149 g/mol. The molecule has 0 aromatic carbocycles. The lowest BCUT2D eigenvalue weighted by molar-refractivity contribution is 1.06. The summed E-state index contributed by atoms with van der Waals surface area (Å²) in [6, 6.07) is 0. The first kappa shape index (κ1) is 7.72. The minimum atomic E-state index is 0.911. The molecule has 1 aliphatic heterocycles. The Kier molecular flexibility index (Phi) is 2.60. The van der Waals surface area contributed by atoms with Gasteiger partial charge in [0.2, 0.25) is 0 Å². The highest BCUT2D eigenvalue weighted by molar-refractivity contribution is 5.80. The lowest BCUT2D eigenvalue weighted by Gasteiger charge is -2.05. The quantitative estimate of drug-likeness (QED) is 0.563. The van der Waals surface area contributed by atoms with Crippen LogP contribution in [0, 0.1) is 0 Å². The fourth-order valence-electron chi connectivity index (χ4n) is 0.659. The number of hydrogen-bond acceptors (Lipinski definition) is 3. The van der Waals surface area contributed by atoms with Gasteiger partial charge in [0, 0.05) is 12.4 Å². The van der Waals surface area contributed by atoms with Gasteiger partial charge < -0.3 is 5.32 Å². The highest BCUT2D eigenvalue weighted by Crippen LogP contribution is 1.99. The molecule has 11 heavy (non-hydrogen) atoms. The third kappa shape index (κ3) is 2.37. The van der Waals surface area contributed by atoms with Gasteiger partial charge in [0.25, 0.3) is 0 Å². The zero-order valence-electron chi connectivity index (χ0n) is 6.70. The van der Waals surface area contributed by atoms with Crippen LogP contribution >= 0.6 is 0 Å². The molecule has 1 N–H and O–H groups in total. The molecule has 0 spiro atoms. The Balaban J connectivity index is 2.62. The maximum atomic E-state index is 4.10. The molecule has 0 unspecified atom stereocenters. The average molecular weight is 149 g/mol. The van der Waals surface area contributed by atoms with Gasteiger partial charge >= 0.3 is 0 Å². The van der Waals surface area contributed by atoms with Crippen LogP contribution in [0.2, 0.25) is 0 Å². The van der Waals surface area contributed by atoms with Gasteiger partial charge in [-0.2, -0.15) is 0 Å². The van der Waals surface area contributed by atoms with E-state index in [4.69, 9.17) is 0 Å². The third-order valence-electron chi connectivity index (χ3n) is 1.22. The van der Waals surface area contributed by atoms with E-state index in [-0.39, 0.29) is 0 Å². The van der Waals surface area contributed by atoms with E-state index in [1.165, 1.54) is 0 Å². The van der Waals surface area contributed by atoms with Gasteiger partial charge in [0.15, 0.2) is 0 Å². The van der Waals surface area contributed by atoms with Crippen molar-refractivity contribution in [3.63, 3.8) is 0 Å². The topological polar surface area (TPSA) is 36.8 Å². The van der Waals surface area contributed by atoms with Crippen LogP contribution in [0.15, 0.2) is 33.8 Å². The lowest BCUT2D eigenvalue weighted by atomic mass is 10.4. The smallest absolute Gasteiger partial charge is 0.0752 e. The van der Waals surface area contributed by atoms with Crippen LogP contribution in [-0.2, 0) is 0 Å². The Morgan fingerprint density at radius 3 is 3.00 bits per heavy atom. The number of allylic oxidation sites excluding steroid dienone is 2. The maximum Gasteiger partial charge on any atom is 0.0752 e. The van der Waals surface area contributed by atoms with Crippen LogP contribution < -0.4 is 5.32 Å². The Morgan fingerprint density at radius 1 is 1.64 bits per heavy atom. The van der Waals surface area contributed by atoms with Crippen LogP contribution in [0.5, 0.6) is 0 Å². The van der Waals surface area contributed by atoms with E-state index in [1.807, 2.05) is 20.0 Å². The van der Waals surface area contributed by atoms with Gasteiger partial charge in [-0.25, -0.2) is 0 Å². The SMILES string of the molecule is C/C=N\C=C1\C=NC(C)=CN1. The summed E-state index contributed by atoms with van der Waals surface area (Å²) in [6.45, 7) is 3.81. The van der Waals surface area contributed by atoms with Crippen molar-refractivity contribution in [3.05, 3.63) is 23.8 Å². The number of nitrogens with one attached hydrogen (secondary N) is 1. The molecule has 58 valence electrons. The van der Waals surface area contributed by atoms with Gasteiger partial charge in [-0.3, -0.25) is 9.98 Å². The highest BCUT2D eigenvalue weighted by Gasteiger charge is 1.94. The molecule has 1 aliphatic rings. The molecule has 0 aromatic rings. The minimum absolute atomic E-state index is 0.911. The van der Waals surface area contributed by atoms with Gasteiger partial charge in [-0.1, -0.05) is 0 Å². The molecule has 0 saturated heterocycles. The predicted molar refractivity (Wildman–Crippen MR) is 47.6 cm³/mol. The summed E-state index contributed by atoms with van der Waals surface area (Å²) >= 11 is 0. The number of rotatable bonds is 1. The first-order chi connectivity index (χ1) is 5.33.